The van der Waals surface area contributed by atoms with Gasteiger partial charge in [-0.15, -0.1) is 23.1 Å². The molecule has 6 heteroatoms. The quantitative estimate of drug-likeness (QED) is 0.558. The van der Waals surface area contributed by atoms with Crippen LogP contribution in [-0.4, -0.2) is 31.9 Å². The third-order valence-corrected chi connectivity index (χ3v) is 6.55. The van der Waals surface area contributed by atoms with Gasteiger partial charge in [-0.05, 0) is 43.7 Å². The van der Waals surface area contributed by atoms with Crippen LogP contribution in [0.4, 0.5) is 5.69 Å². The molecule has 25 heavy (non-hydrogen) atoms. The number of rotatable bonds is 5. The van der Waals surface area contributed by atoms with Crippen molar-refractivity contribution in [1.82, 2.24) is 0 Å². The molecule has 0 N–H and O–H groups in total. The Bertz CT molecular complexity index is 800. The van der Waals surface area contributed by atoms with Gasteiger partial charge in [-0.1, -0.05) is 12.1 Å². The van der Waals surface area contributed by atoms with E-state index in [1.54, 1.807) is 6.92 Å². The van der Waals surface area contributed by atoms with E-state index >= 15 is 0 Å². The molecule has 0 atom stereocenters. The second-order valence-corrected chi connectivity index (χ2v) is 7.84. The first-order chi connectivity index (χ1) is 12.2. The number of ether oxygens (including phenoxy) is 1. The SMILES string of the molecule is CCOC(=O)c1sc(SC)c(C#N)c1-c1ccc(N2CCCC2)cc1. The summed E-state index contributed by atoms with van der Waals surface area (Å²) in [6, 6.07) is 10.4. The first kappa shape index (κ1) is 17.8. The van der Waals surface area contributed by atoms with Gasteiger partial charge in [-0.3, -0.25) is 0 Å². The van der Waals surface area contributed by atoms with Crippen LogP contribution in [0.2, 0.25) is 0 Å². The van der Waals surface area contributed by atoms with Crippen LogP contribution in [0, 0.1) is 11.3 Å². The van der Waals surface area contributed by atoms with E-state index < -0.39 is 0 Å². The largest absolute Gasteiger partial charge is 0.462 e. The fourth-order valence-corrected chi connectivity index (χ4v) is 4.92. The zero-order valence-corrected chi connectivity index (χ0v) is 16.0. The summed E-state index contributed by atoms with van der Waals surface area (Å²) < 4.78 is 6.05. The predicted octanol–water partition coefficient (Wildman–Crippen LogP) is 4.79. The predicted molar refractivity (Wildman–Crippen MR) is 104 cm³/mol. The average Bonchev–Trinajstić information content (AvgIpc) is 3.29. The van der Waals surface area contributed by atoms with E-state index in [-0.39, 0.29) is 5.97 Å². The Morgan fingerprint density at radius 3 is 2.56 bits per heavy atom. The Kier molecular flexibility index (Phi) is 5.67. The van der Waals surface area contributed by atoms with Crippen molar-refractivity contribution < 1.29 is 9.53 Å². The summed E-state index contributed by atoms with van der Waals surface area (Å²) >= 11 is 2.83. The highest BCUT2D eigenvalue weighted by molar-refractivity contribution is 8.00. The van der Waals surface area contributed by atoms with Crippen molar-refractivity contribution in [1.29, 1.82) is 5.26 Å². The molecule has 1 aromatic carbocycles. The van der Waals surface area contributed by atoms with Crippen molar-refractivity contribution in [3.63, 3.8) is 0 Å². The number of carbonyl (C=O) groups excluding carboxylic acids is 1. The number of thioether (sulfide) groups is 1. The third kappa shape index (κ3) is 3.53. The Balaban J connectivity index is 2.04. The molecule has 1 fully saturated rings. The lowest BCUT2D eigenvalue weighted by Crippen LogP contribution is -2.17. The molecule has 0 spiro atoms. The van der Waals surface area contributed by atoms with Crippen molar-refractivity contribution >= 4 is 34.8 Å². The minimum Gasteiger partial charge on any atom is -0.462 e. The van der Waals surface area contributed by atoms with Crippen molar-refractivity contribution in [2.45, 2.75) is 24.0 Å². The Hall–Kier alpha value is -1.97. The maximum absolute atomic E-state index is 12.4. The van der Waals surface area contributed by atoms with Crippen molar-refractivity contribution in [2.24, 2.45) is 0 Å². The number of carbonyl (C=O) groups is 1. The molecular weight excluding hydrogens is 352 g/mol. The van der Waals surface area contributed by atoms with Gasteiger partial charge in [-0.2, -0.15) is 5.26 Å². The molecule has 0 bridgehead atoms. The smallest absolute Gasteiger partial charge is 0.349 e. The Morgan fingerprint density at radius 2 is 2.00 bits per heavy atom. The molecule has 3 rings (SSSR count). The van der Waals surface area contributed by atoms with E-state index in [0.29, 0.717) is 22.6 Å². The highest BCUT2D eigenvalue weighted by Gasteiger charge is 2.25. The highest BCUT2D eigenvalue weighted by atomic mass is 32.2. The summed E-state index contributed by atoms with van der Waals surface area (Å²) in [6.07, 6.45) is 4.38. The lowest BCUT2D eigenvalue weighted by atomic mass is 10.0. The molecule has 4 nitrogen and oxygen atoms in total. The molecule has 0 saturated carbocycles. The molecule has 1 aromatic heterocycles. The molecule has 0 unspecified atom stereocenters. The highest BCUT2D eigenvalue weighted by Crippen LogP contribution is 2.41. The number of hydrogen-bond acceptors (Lipinski definition) is 6. The minimum atomic E-state index is -0.358. The van der Waals surface area contributed by atoms with Crippen LogP contribution >= 0.6 is 23.1 Å². The maximum Gasteiger partial charge on any atom is 0.349 e. The van der Waals surface area contributed by atoms with E-state index in [1.807, 2.05) is 18.4 Å². The number of nitriles is 1. The number of hydrogen-bond donors (Lipinski definition) is 0. The maximum atomic E-state index is 12.4. The van der Waals surface area contributed by atoms with E-state index in [9.17, 15) is 10.1 Å². The van der Waals surface area contributed by atoms with Crippen molar-refractivity contribution in [3.05, 3.63) is 34.7 Å². The van der Waals surface area contributed by atoms with Gasteiger partial charge in [0, 0.05) is 24.3 Å². The zero-order valence-electron chi connectivity index (χ0n) is 14.4. The van der Waals surface area contributed by atoms with Gasteiger partial charge in [0.15, 0.2) is 0 Å². The van der Waals surface area contributed by atoms with Gasteiger partial charge in [0.05, 0.1) is 16.4 Å². The second kappa shape index (κ2) is 7.94. The number of benzene rings is 1. The first-order valence-electron chi connectivity index (χ1n) is 8.33. The van der Waals surface area contributed by atoms with E-state index in [4.69, 9.17) is 4.74 Å². The van der Waals surface area contributed by atoms with Crippen LogP contribution in [0.15, 0.2) is 28.5 Å². The molecule has 2 aromatic rings. The molecule has 130 valence electrons. The topological polar surface area (TPSA) is 53.3 Å². The third-order valence-electron chi connectivity index (χ3n) is 4.26. The number of anilines is 1. The molecular formula is C19H20N2O2S2. The van der Waals surface area contributed by atoms with Crippen LogP contribution in [0.1, 0.15) is 35.0 Å². The molecule has 2 heterocycles. The molecule has 0 radical (unpaired) electrons. The fourth-order valence-electron chi connectivity index (χ4n) is 3.09. The fraction of sp³-hybridized carbons (Fsp3) is 0.368. The summed E-state index contributed by atoms with van der Waals surface area (Å²) in [5.41, 5.74) is 3.34. The van der Waals surface area contributed by atoms with E-state index in [2.05, 4.69) is 23.1 Å². The van der Waals surface area contributed by atoms with Gasteiger partial charge in [0.25, 0.3) is 0 Å². The molecule has 0 aliphatic carbocycles. The molecule has 1 aliphatic heterocycles. The molecule has 1 aliphatic rings. The standard InChI is InChI=1S/C19H20N2O2S2/c1-3-23-18(22)17-16(15(12-20)19(24-2)25-17)13-6-8-14(9-7-13)21-10-4-5-11-21/h6-9H,3-5,10-11H2,1-2H3. The van der Waals surface area contributed by atoms with Crippen LogP contribution in [-0.2, 0) is 4.74 Å². The van der Waals surface area contributed by atoms with Gasteiger partial charge in [0.2, 0.25) is 0 Å². The lowest BCUT2D eigenvalue weighted by molar-refractivity contribution is 0.0533. The van der Waals surface area contributed by atoms with Gasteiger partial charge < -0.3 is 9.64 Å². The van der Waals surface area contributed by atoms with E-state index in [1.165, 1.54) is 41.6 Å². The van der Waals surface area contributed by atoms with Crippen molar-refractivity contribution in [2.75, 3.05) is 30.9 Å². The molecule has 0 amide bonds. The Labute approximate surface area is 156 Å². The van der Waals surface area contributed by atoms with Crippen molar-refractivity contribution in [3.8, 4) is 17.2 Å². The first-order valence-corrected chi connectivity index (χ1v) is 10.4. The number of esters is 1. The van der Waals surface area contributed by atoms with Gasteiger partial charge in [0.1, 0.15) is 10.9 Å². The summed E-state index contributed by atoms with van der Waals surface area (Å²) in [4.78, 5) is 15.2. The van der Waals surface area contributed by atoms with Crippen LogP contribution < -0.4 is 4.90 Å². The van der Waals surface area contributed by atoms with Crippen LogP contribution in [0.25, 0.3) is 11.1 Å². The lowest BCUT2D eigenvalue weighted by Gasteiger charge is -2.17. The van der Waals surface area contributed by atoms with E-state index in [0.717, 1.165) is 22.9 Å². The summed E-state index contributed by atoms with van der Waals surface area (Å²) in [7, 11) is 0. The summed E-state index contributed by atoms with van der Waals surface area (Å²) in [5.74, 6) is -0.358. The zero-order chi connectivity index (χ0) is 17.8. The van der Waals surface area contributed by atoms with Gasteiger partial charge in [-0.25, -0.2) is 4.79 Å². The number of nitrogens with zero attached hydrogens (tertiary/aromatic N) is 2. The monoisotopic (exact) mass is 372 g/mol. The molecule has 1 saturated heterocycles. The Morgan fingerprint density at radius 1 is 1.32 bits per heavy atom. The minimum absolute atomic E-state index is 0.320. The van der Waals surface area contributed by atoms with Crippen LogP contribution in [0.3, 0.4) is 0 Å². The number of thiophene rings is 1. The summed E-state index contributed by atoms with van der Waals surface area (Å²) in [5, 5.41) is 9.63. The summed E-state index contributed by atoms with van der Waals surface area (Å²) in [6.45, 7) is 4.29. The van der Waals surface area contributed by atoms with Crippen LogP contribution in [0.5, 0.6) is 0 Å². The average molecular weight is 373 g/mol. The normalized spacial score (nSPS) is 13.7. The second-order valence-electron chi connectivity index (χ2n) is 5.75. The van der Waals surface area contributed by atoms with Gasteiger partial charge >= 0.3 is 5.97 Å².